The van der Waals surface area contributed by atoms with Gasteiger partial charge in [-0.25, -0.2) is 4.98 Å². The molecule has 196 valence electrons. The van der Waals surface area contributed by atoms with E-state index in [0.29, 0.717) is 19.4 Å². The highest BCUT2D eigenvalue weighted by molar-refractivity contribution is 7.13. The average molecular weight is 515 g/mol. The van der Waals surface area contributed by atoms with Crippen LogP contribution in [-0.4, -0.2) is 57.4 Å². The van der Waals surface area contributed by atoms with E-state index >= 15 is 0 Å². The number of aryl methyl sites for hydroxylation is 1. The molecule has 2 aromatic rings. The Hall–Kier alpha value is -2.78. The Morgan fingerprint density at radius 1 is 1.14 bits per heavy atom. The first kappa shape index (κ1) is 27.8. The molecule has 1 aromatic heterocycles. The number of benzene rings is 1. The number of carbonyl (C=O) groups is 3. The lowest BCUT2D eigenvalue weighted by atomic mass is 10.0. The van der Waals surface area contributed by atoms with Crippen LogP contribution < -0.4 is 10.6 Å². The number of β-amino-alcohol motifs (C(OH)–C–C–N with tert-alkyl or cyclic N) is 1. The van der Waals surface area contributed by atoms with Gasteiger partial charge in [0.1, 0.15) is 12.1 Å². The molecule has 1 aromatic carbocycles. The number of thiazole rings is 1. The lowest BCUT2D eigenvalue weighted by Crippen LogP contribution is -2.54. The van der Waals surface area contributed by atoms with E-state index in [1.807, 2.05) is 64.4 Å². The van der Waals surface area contributed by atoms with Gasteiger partial charge in [-0.05, 0) is 36.3 Å². The van der Waals surface area contributed by atoms with Crippen LogP contribution in [0.2, 0.25) is 0 Å². The molecule has 0 saturated carbocycles. The molecular weight excluding hydrogens is 476 g/mol. The minimum atomic E-state index is -0.780. The zero-order valence-corrected chi connectivity index (χ0v) is 22.6. The summed E-state index contributed by atoms with van der Waals surface area (Å²) in [7, 11) is 0. The molecule has 3 atom stereocenters. The standard InChI is InChI=1S/C27H38N4O4S/c1-16(2)10-22(30-24(33)11-17(3)4)27(35)31-14-21(32)12-23(31)26(34)28-13-19-6-8-20(9-7-19)25-18(5)29-15-36-25/h6-9,15-17,21-23,32H,10-14H2,1-5H3,(H,28,34)(H,30,33). The highest BCUT2D eigenvalue weighted by Crippen LogP contribution is 2.27. The van der Waals surface area contributed by atoms with Gasteiger partial charge in [-0.3, -0.25) is 14.4 Å². The third kappa shape index (κ3) is 7.36. The number of aliphatic hydroxyl groups is 1. The second-order valence-corrected chi connectivity index (χ2v) is 11.3. The molecule has 3 N–H and O–H groups in total. The molecule has 0 radical (unpaired) electrons. The molecule has 0 aliphatic carbocycles. The SMILES string of the molecule is Cc1ncsc1-c1ccc(CNC(=O)C2CC(O)CN2C(=O)C(CC(C)C)NC(=O)CC(C)C)cc1. The number of nitrogens with zero attached hydrogens (tertiary/aromatic N) is 2. The lowest BCUT2D eigenvalue weighted by molar-refractivity contribution is -0.142. The molecule has 1 fully saturated rings. The van der Waals surface area contributed by atoms with Gasteiger partial charge in [0.2, 0.25) is 17.7 Å². The van der Waals surface area contributed by atoms with E-state index in [9.17, 15) is 19.5 Å². The summed E-state index contributed by atoms with van der Waals surface area (Å²) < 4.78 is 0. The summed E-state index contributed by atoms with van der Waals surface area (Å²) in [4.78, 5) is 45.8. The maximum atomic E-state index is 13.4. The van der Waals surface area contributed by atoms with Crippen molar-refractivity contribution in [3.05, 3.63) is 41.0 Å². The van der Waals surface area contributed by atoms with E-state index in [1.165, 1.54) is 4.90 Å². The monoisotopic (exact) mass is 514 g/mol. The highest BCUT2D eigenvalue weighted by Gasteiger charge is 2.41. The molecule has 1 aliphatic rings. The number of likely N-dealkylation sites (tertiary alicyclic amines) is 1. The van der Waals surface area contributed by atoms with Crippen molar-refractivity contribution in [1.29, 1.82) is 0 Å². The minimum absolute atomic E-state index is 0.0778. The number of amides is 3. The first-order valence-corrected chi connectivity index (χ1v) is 13.5. The number of aromatic nitrogens is 1. The largest absolute Gasteiger partial charge is 0.391 e. The summed E-state index contributed by atoms with van der Waals surface area (Å²) in [5, 5.41) is 16.1. The van der Waals surface area contributed by atoms with E-state index < -0.39 is 18.2 Å². The molecule has 2 heterocycles. The molecule has 9 heteroatoms. The van der Waals surface area contributed by atoms with Crippen LogP contribution >= 0.6 is 11.3 Å². The van der Waals surface area contributed by atoms with Gasteiger partial charge in [0.15, 0.2) is 0 Å². The first-order valence-electron chi connectivity index (χ1n) is 12.6. The third-order valence-electron chi connectivity index (χ3n) is 6.23. The summed E-state index contributed by atoms with van der Waals surface area (Å²) in [5.41, 5.74) is 4.83. The lowest BCUT2D eigenvalue weighted by Gasteiger charge is -2.29. The van der Waals surface area contributed by atoms with Crippen molar-refractivity contribution in [3.63, 3.8) is 0 Å². The number of hydrogen-bond donors (Lipinski definition) is 3. The van der Waals surface area contributed by atoms with Gasteiger partial charge >= 0.3 is 0 Å². The van der Waals surface area contributed by atoms with Crippen molar-refractivity contribution >= 4 is 29.1 Å². The molecule has 36 heavy (non-hydrogen) atoms. The minimum Gasteiger partial charge on any atom is -0.391 e. The van der Waals surface area contributed by atoms with Gasteiger partial charge < -0.3 is 20.6 Å². The van der Waals surface area contributed by atoms with Crippen LogP contribution in [-0.2, 0) is 20.9 Å². The summed E-state index contributed by atoms with van der Waals surface area (Å²) in [6.45, 7) is 10.2. The van der Waals surface area contributed by atoms with Crippen LogP contribution in [0.5, 0.6) is 0 Å². The number of rotatable bonds is 10. The maximum absolute atomic E-state index is 13.4. The second kappa shape index (κ2) is 12.5. The predicted molar refractivity (Wildman–Crippen MR) is 141 cm³/mol. The quantitative estimate of drug-likeness (QED) is 0.451. The van der Waals surface area contributed by atoms with Crippen LogP contribution in [0.3, 0.4) is 0 Å². The van der Waals surface area contributed by atoms with Crippen LogP contribution in [0, 0.1) is 18.8 Å². The molecule has 1 saturated heterocycles. The third-order valence-corrected chi connectivity index (χ3v) is 7.20. The zero-order chi connectivity index (χ0) is 26.4. The van der Waals surface area contributed by atoms with Gasteiger partial charge in [-0.1, -0.05) is 52.0 Å². The van der Waals surface area contributed by atoms with Crippen molar-refractivity contribution < 1.29 is 19.5 Å². The summed E-state index contributed by atoms with van der Waals surface area (Å²) in [5.74, 6) is -0.454. The second-order valence-electron chi connectivity index (χ2n) is 10.4. The molecule has 3 unspecified atom stereocenters. The highest BCUT2D eigenvalue weighted by atomic mass is 32.1. The topological polar surface area (TPSA) is 112 Å². The van der Waals surface area contributed by atoms with Crippen LogP contribution in [0.4, 0.5) is 0 Å². The first-order chi connectivity index (χ1) is 17.0. The molecule has 0 bridgehead atoms. The van der Waals surface area contributed by atoms with Crippen molar-refractivity contribution in [2.24, 2.45) is 11.8 Å². The Labute approximate surface area is 217 Å². The van der Waals surface area contributed by atoms with Crippen molar-refractivity contribution in [1.82, 2.24) is 20.5 Å². The van der Waals surface area contributed by atoms with Crippen LogP contribution in [0.15, 0.2) is 29.8 Å². The van der Waals surface area contributed by atoms with E-state index in [0.717, 1.165) is 21.7 Å². The summed E-state index contributed by atoms with van der Waals surface area (Å²) >= 11 is 1.59. The Bertz CT molecular complexity index is 1050. The average Bonchev–Trinajstić information content (AvgIpc) is 3.41. The van der Waals surface area contributed by atoms with E-state index in [1.54, 1.807) is 11.3 Å². The molecule has 8 nitrogen and oxygen atoms in total. The van der Waals surface area contributed by atoms with E-state index in [-0.39, 0.29) is 42.5 Å². The molecule has 3 amide bonds. The van der Waals surface area contributed by atoms with Gasteiger partial charge in [0, 0.05) is 25.9 Å². The van der Waals surface area contributed by atoms with Crippen molar-refractivity contribution in [2.75, 3.05) is 6.54 Å². The van der Waals surface area contributed by atoms with Crippen molar-refractivity contribution in [3.8, 4) is 10.4 Å². The fourth-order valence-electron chi connectivity index (χ4n) is 4.48. The van der Waals surface area contributed by atoms with Crippen LogP contribution in [0.25, 0.3) is 10.4 Å². The van der Waals surface area contributed by atoms with Crippen molar-refractivity contribution in [2.45, 2.75) is 78.6 Å². The number of carbonyl (C=O) groups excluding carboxylic acids is 3. The van der Waals surface area contributed by atoms with E-state index in [2.05, 4.69) is 15.6 Å². The Balaban J connectivity index is 1.65. The summed E-state index contributed by atoms with van der Waals surface area (Å²) in [6.07, 6.45) is 0.193. The molecule has 0 spiro atoms. The molecular formula is C27H38N4O4S. The van der Waals surface area contributed by atoms with Gasteiger partial charge in [0.05, 0.1) is 22.2 Å². The predicted octanol–water partition coefficient (Wildman–Crippen LogP) is 3.27. The fraction of sp³-hybridized carbons (Fsp3) is 0.556. The Morgan fingerprint density at radius 2 is 1.83 bits per heavy atom. The number of aliphatic hydroxyl groups excluding tert-OH is 1. The Morgan fingerprint density at radius 3 is 2.42 bits per heavy atom. The fourth-order valence-corrected chi connectivity index (χ4v) is 5.29. The maximum Gasteiger partial charge on any atom is 0.245 e. The molecule has 3 rings (SSSR count). The van der Waals surface area contributed by atoms with E-state index in [4.69, 9.17) is 0 Å². The zero-order valence-electron chi connectivity index (χ0n) is 21.8. The Kier molecular flexibility index (Phi) is 9.62. The molecule has 1 aliphatic heterocycles. The number of hydrogen-bond acceptors (Lipinski definition) is 6. The smallest absolute Gasteiger partial charge is 0.245 e. The normalized spacial score (nSPS) is 18.5. The van der Waals surface area contributed by atoms with Gasteiger partial charge in [0.25, 0.3) is 0 Å². The number of nitrogens with one attached hydrogen (secondary N) is 2. The van der Waals surface area contributed by atoms with Gasteiger partial charge in [-0.2, -0.15) is 0 Å². The van der Waals surface area contributed by atoms with Crippen LogP contribution in [0.1, 0.15) is 58.2 Å². The van der Waals surface area contributed by atoms with Gasteiger partial charge in [-0.15, -0.1) is 11.3 Å². The summed E-state index contributed by atoms with van der Waals surface area (Å²) in [6, 6.07) is 6.44.